The number of hydrogen-bond acceptors (Lipinski definition) is 4. The summed E-state index contributed by atoms with van der Waals surface area (Å²) in [7, 11) is -6.89. The van der Waals surface area contributed by atoms with Crippen molar-refractivity contribution in [3.63, 3.8) is 0 Å². The monoisotopic (exact) mass is 354 g/mol. The normalized spacial score (nSPS) is 12.4. The maximum atomic E-state index is 11.9. The summed E-state index contributed by atoms with van der Waals surface area (Å²) in [6.45, 7) is 3.31. The first kappa shape index (κ1) is 18.2. The minimum atomic E-state index is -3.53. The summed E-state index contributed by atoms with van der Waals surface area (Å²) in [5.41, 5.74) is 1.24. The van der Waals surface area contributed by atoms with Crippen LogP contribution in [0, 0.1) is 6.92 Å². The number of halogens is 1. The third-order valence-corrected chi connectivity index (χ3v) is 5.87. The second kappa shape index (κ2) is 6.95. The van der Waals surface area contributed by atoms with Gasteiger partial charge in [0, 0.05) is 18.1 Å². The second-order valence-electron chi connectivity index (χ2n) is 4.57. The van der Waals surface area contributed by atoms with Crippen LogP contribution in [0.25, 0.3) is 0 Å². The van der Waals surface area contributed by atoms with Crippen LogP contribution in [0.2, 0.25) is 5.02 Å². The molecule has 1 N–H and O–H groups in total. The van der Waals surface area contributed by atoms with E-state index in [0.29, 0.717) is 10.7 Å². The fourth-order valence-corrected chi connectivity index (χ4v) is 3.33. The van der Waals surface area contributed by atoms with Crippen molar-refractivity contribution in [2.24, 2.45) is 0 Å². The van der Waals surface area contributed by atoms with Crippen LogP contribution in [0.4, 0.5) is 5.69 Å². The maximum Gasteiger partial charge on any atom is 0.232 e. The van der Waals surface area contributed by atoms with Gasteiger partial charge in [-0.2, -0.15) is 0 Å². The van der Waals surface area contributed by atoms with E-state index in [1.807, 2.05) is 6.92 Å². The molecule has 1 aromatic carbocycles. The summed E-state index contributed by atoms with van der Waals surface area (Å²) in [6, 6.07) is 4.90. The zero-order valence-corrected chi connectivity index (χ0v) is 14.5. The zero-order chi connectivity index (χ0) is 16.3. The fourth-order valence-electron chi connectivity index (χ4n) is 1.63. The van der Waals surface area contributed by atoms with Crippen molar-refractivity contribution >= 4 is 37.3 Å². The van der Waals surface area contributed by atoms with Gasteiger partial charge in [-0.3, -0.25) is 4.31 Å². The van der Waals surface area contributed by atoms with Crippen molar-refractivity contribution in [1.29, 1.82) is 0 Å². The number of rotatable bonds is 7. The average molecular weight is 355 g/mol. The number of sulfonamides is 2. The van der Waals surface area contributed by atoms with Crippen LogP contribution in [0.3, 0.4) is 0 Å². The smallest absolute Gasteiger partial charge is 0.232 e. The van der Waals surface area contributed by atoms with Gasteiger partial charge in [0.15, 0.2) is 0 Å². The standard InChI is InChI=1S/C12H19ClN2O4S2/c1-4-21(18,19)14-7-8-15(20(3,16)17)11-6-5-10(2)12(13)9-11/h5-6,9,14H,4,7-8H2,1-3H3. The van der Waals surface area contributed by atoms with Gasteiger partial charge < -0.3 is 0 Å². The molecule has 0 bridgehead atoms. The summed E-state index contributed by atoms with van der Waals surface area (Å²) in [5.74, 6) is -0.0533. The average Bonchev–Trinajstić information content (AvgIpc) is 2.37. The van der Waals surface area contributed by atoms with E-state index in [2.05, 4.69) is 4.72 Å². The Morgan fingerprint density at radius 2 is 1.86 bits per heavy atom. The lowest BCUT2D eigenvalue weighted by Gasteiger charge is -2.23. The molecule has 9 heteroatoms. The molecular formula is C12H19ClN2O4S2. The lowest BCUT2D eigenvalue weighted by atomic mass is 10.2. The predicted molar refractivity (Wildman–Crippen MR) is 85.8 cm³/mol. The third-order valence-electron chi connectivity index (χ3n) is 2.86. The van der Waals surface area contributed by atoms with Gasteiger partial charge in [0.1, 0.15) is 0 Å². The van der Waals surface area contributed by atoms with Crippen LogP contribution in [-0.4, -0.2) is 41.9 Å². The number of nitrogens with one attached hydrogen (secondary N) is 1. The molecule has 1 rings (SSSR count). The minimum Gasteiger partial charge on any atom is -0.269 e. The van der Waals surface area contributed by atoms with E-state index in [4.69, 9.17) is 11.6 Å². The molecule has 21 heavy (non-hydrogen) atoms. The highest BCUT2D eigenvalue weighted by Crippen LogP contribution is 2.24. The molecule has 0 fully saturated rings. The number of anilines is 1. The van der Waals surface area contributed by atoms with Gasteiger partial charge in [0.25, 0.3) is 0 Å². The topological polar surface area (TPSA) is 83.6 Å². The van der Waals surface area contributed by atoms with Crippen LogP contribution in [0.1, 0.15) is 12.5 Å². The molecule has 0 saturated heterocycles. The van der Waals surface area contributed by atoms with Crippen molar-refractivity contribution in [3.8, 4) is 0 Å². The first-order chi connectivity index (χ1) is 9.57. The van der Waals surface area contributed by atoms with E-state index < -0.39 is 20.0 Å². The Labute approximate surface area is 131 Å². The summed E-state index contributed by atoms with van der Waals surface area (Å²) < 4.78 is 49.9. The Morgan fingerprint density at radius 3 is 2.33 bits per heavy atom. The number of benzene rings is 1. The molecule has 6 nitrogen and oxygen atoms in total. The van der Waals surface area contributed by atoms with E-state index in [0.717, 1.165) is 16.1 Å². The van der Waals surface area contributed by atoms with Crippen molar-refractivity contribution in [2.45, 2.75) is 13.8 Å². The lowest BCUT2D eigenvalue weighted by Crippen LogP contribution is -2.38. The molecule has 1 aromatic rings. The quantitative estimate of drug-likeness (QED) is 0.801. The highest BCUT2D eigenvalue weighted by atomic mass is 35.5. The van der Waals surface area contributed by atoms with E-state index >= 15 is 0 Å². The highest BCUT2D eigenvalue weighted by molar-refractivity contribution is 7.92. The van der Waals surface area contributed by atoms with Crippen LogP contribution in [0.5, 0.6) is 0 Å². The maximum absolute atomic E-state index is 11.9. The van der Waals surface area contributed by atoms with Crippen molar-refractivity contribution in [2.75, 3.05) is 29.4 Å². The molecule has 0 aliphatic rings. The van der Waals surface area contributed by atoms with Gasteiger partial charge in [-0.05, 0) is 31.5 Å². The molecular weight excluding hydrogens is 336 g/mol. The number of hydrogen-bond donors (Lipinski definition) is 1. The molecule has 0 aromatic heterocycles. The van der Waals surface area contributed by atoms with E-state index in [9.17, 15) is 16.8 Å². The van der Waals surface area contributed by atoms with Crippen molar-refractivity contribution < 1.29 is 16.8 Å². The van der Waals surface area contributed by atoms with Crippen molar-refractivity contribution in [1.82, 2.24) is 4.72 Å². The van der Waals surface area contributed by atoms with Crippen LogP contribution >= 0.6 is 11.6 Å². The summed E-state index contributed by atoms with van der Waals surface area (Å²) in [4.78, 5) is 0. The molecule has 0 saturated carbocycles. The first-order valence-electron chi connectivity index (χ1n) is 6.28. The molecule has 0 amide bonds. The van der Waals surface area contributed by atoms with Crippen LogP contribution < -0.4 is 9.03 Å². The molecule has 0 heterocycles. The minimum absolute atomic E-state index is 0.00253. The van der Waals surface area contributed by atoms with E-state index in [-0.39, 0.29) is 18.8 Å². The molecule has 0 radical (unpaired) electrons. The Kier molecular flexibility index (Phi) is 6.03. The van der Waals surface area contributed by atoms with E-state index in [1.54, 1.807) is 18.2 Å². The molecule has 0 aliphatic heterocycles. The molecule has 120 valence electrons. The molecule has 0 unspecified atom stereocenters. The molecule has 0 spiro atoms. The van der Waals surface area contributed by atoms with Crippen molar-refractivity contribution in [3.05, 3.63) is 28.8 Å². The first-order valence-corrected chi connectivity index (χ1v) is 10.2. The summed E-state index contributed by atoms with van der Waals surface area (Å²) in [6.07, 6.45) is 1.06. The van der Waals surface area contributed by atoms with Gasteiger partial charge in [0.05, 0.1) is 17.7 Å². The summed E-state index contributed by atoms with van der Waals surface area (Å²) >= 11 is 6.00. The largest absolute Gasteiger partial charge is 0.269 e. The Balaban J connectivity index is 2.95. The van der Waals surface area contributed by atoms with Crippen LogP contribution in [0.15, 0.2) is 18.2 Å². The van der Waals surface area contributed by atoms with Gasteiger partial charge in [-0.15, -0.1) is 0 Å². The highest BCUT2D eigenvalue weighted by Gasteiger charge is 2.18. The van der Waals surface area contributed by atoms with Gasteiger partial charge in [-0.1, -0.05) is 17.7 Å². The predicted octanol–water partition coefficient (Wildman–Crippen LogP) is 1.35. The Morgan fingerprint density at radius 1 is 1.24 bits per heavy atom. The Bertz CT molecular complexity index is 702. The third kappa shape index (κ3) is 5.46. The fraction of sp³-hybridized carbons (Fsp3) is 0.500. The lowest BCUT2D eigenvalue weighted by molar-refractivity contribution is 0.579. The molecule has 0 aliphatic carbocycles. The number of aryl methyl sites for hydroxylation is 1. The van der Waals surface area contributed by atoms with Gasteiger partial charge in [-0.25, -0.2) is 21.6 Å². The second-order valence-corrected chi connectivity index (χ2v) is 8.98. The SMILES string of the molecule is CCS(=O)(=O)NCCN(c1ccc(C)c(Cl)c1)S(C)(=O)=O. The molecule has 0 atom stereocenters. The Hall–Kier alpha value is -0.830. The zero-order valence-electron chi connectivity index (χ0n) is 12.1. The number of nitrogens with zero attached hydrogens (tertiary/aromatic N) is 1. The van der Waals surface area contributed by atoms with Gasteiger partial charge >= 0.3 is 0 Å². The van der Waals surface area contributed by atoms with Crippen LogP contribution in [-0.2, 0) is 20.0 Å². The van der Waals surface area contributed by atoms with Gasteiger partial charge in [0.2, 0.25) is 20.0 Å². The van der Waals surface area contributed by atoms with E-state index in [1.165, 1.54) is 6.92 Å². The summed E-state index contributed by atoms with van der Waals surface area (Å²) in [5, 5.41) is 0.454.